The van der Waals surface area contributed by atoms with E-state index < -0.39 is 5.82 Å². The van der Waals surface area contributed by atoms with E-state index in [1.807, 2.05) is 6.92 Å². The molecule has 0 radical (unpaired) electrons. The highest BCUT2D eigenvalue weighted by atomic mass is 19.1. The molecule has 2 rings (SSSR count). The van der Waals surface area contributed by atoms with Crippen LogP contribution in [0.1, 0.15) is 6.92 Å². The van der Waals surface area contributed by atoms with Crippen molar-refractivity contribution in [3.8, 4) is 0 Å². The number of anilines is 2. The molecule has 0 bridgehead atoms. The number of halogens is 2. The number of nitrogens with one attached hydrogen (secondary N) is 1. The van der Waals surface area contributed by atoms with Crippen LogP contribution in [0.4, 0.5) is 20.2 Å². The average Bonchev–Trinajstić information content (AvgIpc) is 2.48. The van der Waals surface area contributed by atoms with Crippen molar-refractivity contribution in [3.05, 3.63) is 60.2 Å². The van der Waals surface area contributed by atoms with Crippen molar-refractivity contribution in [2.45, 2.75) is 6.92 Å². The standard InChI is InChI=1S/C16H16F2N2O/c1-2-20(13-9-7-12(17)8-10-13)11-16(21)19-15-6-4-3-5-14(15)18/h3-10H,2,11H2,1H3,(H,19,21). The monoisotopic (exact) mass is 290 g/mol. The molecule has 0 fully saturated rings. The van der Waals surface area contributed by atoms with Gasteiger partial charge in [-0.05, 0) is 43.3 Å². The second-order valence-electron chi connectivity index (χ2n) is 4.52. The fraction of sp³-hybridized carbons (Fsp3) is 0.188. The summed E-state index contributed by atoms with van der Waals surface area (Å²) in [6.07, 6.45) is 0. The van der Waals surface area contributed by atoms with Gasteiger partial charge in [-0.3, -0.25) is 4.79 Å². The highest BCUT2D eigenvalue weighted by Gasteiger charge is 2.11. The maximum Gasteiger partial charge on any atom is 0.243 e. The zero-order chi connectivity index (χ0) is 15.2. The molecule has 3 nitrogen and oxygen atoms in total. The van der Waals surface area contributed by atoms with Crippen LogP contribution in [-0.4, -0.2) is 19.0 Å². The first-order chi connectivity index (χ1) is 10.1. The Morgan fingerprint density at radius 3 is 2.38 bits per heavy atom. The van der Waals surface area contributed by atoms with Crippen LogP contribution in [0.3, 0.4) is 0 Å². The van der Waals surface area contributed by atoms with Crippen molar-refractivity contribution in [1.82, 2.24) is 0 Å². The average molecular weight is 290 g/mol. The van der Waals surface area contributed by atoms with Crippen LogP contribution in [0, 0.1) is 11.6 Å². The third kappa shape index (κ3) is 4.02. The molecule has 0 aliphatic rings. The molecule has 0 saturated carbocycles. The number of nitrogens with zero attached hydrogens (tertiary/aromatic N) is 1. The zero-order valence-electron chi connectivity index (χ0n) is 11.6. The second kappa shape index (κ2) is 6.83. The van der Waals surface area contributed by atoms with E-state index >= 15 is 0 Å². The topological polar surface area (TPSA) is 32.3 Å². The Bertz CT molecular complexity index is 614. The molecule has 2 aromatic rings. The van der Waals surface area contributed by atoms with Crippen molar-refractivity contribution in [3.63, 3.8) is 0 Å². The van der Waals surface area contributed by atoms with Crippen molar-refractivity contribution in [2.24, 2.45) is 0 Å². The van der Waals surface area contributed by atoms with Gasteiger partial charge in [-0.25, -0.2) is 8.78 Å². The first kappa shape index (κ1) is 15.0. The van der Waals surface area contributed by atoms with Crippen molar-refractivity contribution in [1.29, 1.82) is 0 Å². The molecular weight excluding hydrogens is 274 g/mol. The predicted molar refractivity (Wildman–Crippen MR) is 79.3 cm³/mol. The minimum absolute atomic E-state index is 0.0659. The third-order valence-electron chi connectivity index (χ3n) is 3.06. The summed E-state index contributed by atoms with van der Waals surface area (Å²) in [6.45, 7) is 2.53. The van der Waals surface area contributed by atoms with Gasteiger partial charge in [-0.1, -0.05) is 12.1 Å². The summed E-state index contributed by atoms with van der Waals surface area (Å²) in [4.78, 5) is 13.8. The minimum Gasteiger partial charge on any atom is -0.362 e. The molecule has 0 heterocycles. The van der Waals surface area contributed by atoms with Gasteiger partial charge in [0, 0.05) is 12.2 Å². The highest BCUT2D eigenvalue weighted by molar-refractivity contribution is 5.94. The smallest absolute Gasteiger partial charge is 0.243 e. The maximum atomic E-state index is 13.5. The van der Waals surface area contributed by atoms with Crippen LogP contribution in [0.25, 0.3) is 0 Å². The van der Waals surface area contributed by atoms with E-state index in [4.69, 9.17) is 0 Å². The normalized spacial score (nSPS) is 10.2. The van der Waals surface area contributed by atoms with Gasteiger partial charge in [0.1, 0.15) is 11.6 Å². The van der Waals surface area contributed by atoms with Crippen LogP contribution < -0.4 is 10.2 Å². The van der Waals surface area contributed by atoms with Gasteiger partial charge in [-0.15, -0.1) is 0 Å². The SMILES string of the molecule is CCN(CC(=O)Nc1ccccc1F)c1ccc(F)cc1. The maximum absolute atomic E-state index is 13.5. The number of hydrogen-bond donors (Lipinski definition) is 1. The van der Waals surface area contributed by atoms with Crippen molar-refractivity contribution in [2.75, 3.05) is 23.3 Å². The molecule has 1 amide bonds. The second-order valence-corrected chi connectivity index (χ2v) is 4.52. The van der Waals surface area contributed by atoms with Crippen LogP contribution >= 0.6 is 0 Å². The number of benzene rings is 2. The summed E-state index contributed by atoms with van der Waals surface area (Å²) >= 11 is 0. The summed E-state index contributed by atoms with van der Waals surface area (Å²) < 4.78 is 26.4. The minimum atomic E-state index is -0.476. The molecule has 21 heavy (non-hydrogen) atoms. The van der Waals surface area contributed by atoms with Crippen LogP contribution in [0.5, 0.6) is 0 Å². The number of carbonyl (C=O) groups is 1. The summed E-state index contributed by atoms with van der Waals surface area (Å²) in [7, 11) is 0. The quantitative estimate of drug-likeness (QED) is 0.915. The Kier molecular flexibility index (Phi) is 4.87. The molecular formula is C16H16F2N2O. The third-order valence-corrected chi connectivity index (χ3v) is 3.06. The largest absolute Gasteiger partial charge is 0.362 e. The van der Waals surface area contributed by atoms with E-state index in [0.29, 0.717) is 6.54 Å². The number of amides is 1. The lowest BCUT2D eigenvalue weighted by atomic mass is 10.2. The van der Waals surface area contributed by atoms with E-state index in [9.17, 15) is 13.6 Å². The summed E-state index contributed by atoms with van der Waals surface area (Å²) in [6, 6.07) is 11.9. The Balaban J connectivity index is 2.03. The molecule has 0 aromatic heterocycles. The van der Waals surface area contributed by atoms with Gasteiger partial charge in [0.05, 0.1) is 12.2 Å². The molecule has 5 heteroatoms. The van der Waals surface area contributed by atoms with Crippen LogP contribution in [0.15, 0.2) is 48.5 Å². The first-order valence-corrected chi connectivity index (χ1v) is 6.65. The molecule has 0 unspecified atom stereocenters. The molecule has 110 valence electrons. The van der Waals surface area contributed by atoms with Gasteiger partial charge in [-0.2, -0.15) is 0 Å². The van der Waals surface area contributed by atoms with Gasteiger partial charge in [0.15, 0.2) is 0 Å². The Hall–Kier alpha value is -2.43. The molecule has 0 aliphatic carbocycles. The summed E-state index contributed by atoms with van der Waals surface area (Å²) in [5.41, 5.74) is 0.889. The van der Waals surface area contributed by atoms with E-state index in [2.05, 4.69) is 5.32 Å². The number of carbonyl (C=O) groups excluding carboxylic acids is 1. The van der Waals surface area contributed by atoms with Crippen LogP contribution in [0.2, 0.25) is 0 Å². The lowest BCUT2D eigenvalue weighted by molar-refractivity contribution is -0.115. The summed E-state index contributed by atoms with van der Waals surface area (Å²) in [5, 5.41) is 2.53. The molecule has 1 N–H and O–H groups in total. The van der Waals surface area contributed by atoms with E-state index in [1.165, 1.54) is 24.3 Å². The van der Waals surface area contributed by atoms with Gasteiger partial charge < -0.3 is 10.2 Å². The van der Waals surface area contributed by atoms with Gasteiger partial charge in [0.2, 0.25) is 5.91 Å². The Morgan fingerprint density at radius 1 is 1.10 bits per heavy atom. The van der Waals surface area contributed by atoms with Crippen molar-refractivity contribution < 1.29 is 13.6 Å². The lowest BCUT2D eigenvalue weighted by Crippen LogP contribution is -2.33. The van der Waals surface area contributed by atoms with E-state index in [-0.39, 0.29) is 24.0 Å². The fourth-order valence-corrected chi connectivity index (χ4v) is 1.96. The highest BCUT2D eigenvalue weighted by Crippen LogP contribution is 2.16. The van der Waals surface area contributed by atoms with Gasteiger partial charge >= 0.3 is 0 Å². The number of rotatable bonds is 5. The molecule has 0 aliphatic heterocycles. The number of para-hydroxylation sites is 1. The molecule has 0 spiro atoms. The zero-order valence-corrected chi connectivity index (χ0v) is 11.6. The number of likely N-dealkylation sites (N-methyl/N-ethyl adjacent to an activating group) is 1. The molecule has 0 saturated heterocycles. The van der Waals surface area contributed by atoms with Crippen molar-refractivity contribution >= 4 is 17.3 Å². The first-order valence-electron chi connectivity index (χ1n) is 6.65. The van der Waals surface area contributed by atoms with Crippen LogP contribution in [-0.2, 0) is 4.79 Å². The summed E-state index contributed by atoms with van der Waals surface area (Å²) in [5.74, 6) is -1.13. The Morgan fingerprint density at radius 2 is 1.76 bits per heavy atom. The lowest BCUT2D eigenvalue weighted by Gasteiger charge is -2.22. The molecule has 2 aromatic carbocycles. The Labute approximate surface area is 122 Å². The molecule has 0 atom stereocenters. The van der Waals surface area contributed by atoms with E-state index in [1.54, 1.807) is 29.2 Å². The van der Waals surface area contributed by atoms with E-state index in [0.717, 1.165) is 5.69 Å². The predicted octanol–water partition coefficient (Wildman–Crippen LogP) is 3.43. The number of hydrogen-bond acceptors (Lipinski definition) is 2. The fourth-order valence-electron chi connectivity index (χ4n) is 1.96. The van der Waals surface area contributed by atoms with Gasteiger partial charge in [0.25, 0.3) is 0 Å².